The van der Waals surface area contributed by atoms with Crippen LogP contribution in [-0.2, 0) is 6.42 Å². The van der Waals surface area contributed by atoms with Crippen LogP contribution < -0.4 is 4.74 Å². The normalized spacial score (nSPS) is 11.4. The fraction of sp³-hybridized carbons (Fsp3) is 0.214. The molecule has 0 aliphatic rings. The Morgan fingerprint density at radius 3 is 2.70 bits per heavy atom. The largest absolute Gasteiger partial charge is 0.573 e. The molecule has 0 amide bonds. The smallest absolute Gasteiger partial charge is 0.469 e. The minimum Gasteiger partial charge on any atom is -0.469 e. The Morgan fingerprint density at radius 2 is 2.05 bits per heavy atom. The Labute approximate surface area is 113 Å². The van der Waals surface area contributed by atoms with Crippen molar-refractivity contribution in [1.29, 1.82) is 0 Å². The Hall–Kier alpha value is -2.24. The van der Waals surface area contributed by atoms with Gasteiger partial charge in [-0.25, -0.2) is 0 Å². The van der Waals surface area contributed by atoms with E-state index in [0.717, 1.165) is 12.1 Å². The minimum atomic E-state index is -4.79. The van der Waals surface area contributed by atoms with Gasteiger partial charge in [0, 0.05) is 12.0 Å². The van der Waals surface area contributed by atoms with Crippen molar-refractivity contribution in [2.75, 3.05) is 0 Å². The topological polar surface area (TPSA) is 39.4 Å². The van der Waals surface area contributed by atoms with Gasteiger partial charge in [-0.15, -0.1) is 13.2 Å². The number of halogens is 3. The van der Waals surface area contributed by atoms with Crippen LogP contribution in [0.4, 0.5) is 13.2 Å². The molecule has 2 rings (SSSR count). The fourth-order valence-electron chi connectivity index (χ4n) is 1.81. The Morgan fingerprint density at radius 1 is 1.30 bits per heavy atom. The first-order valence-electron chi connectivity index (χ1n) is 5.87. The second-order valence-electron chi connectivity index (χ2n) is 4.02. The highest BCUT2D eigenvalue weighted by Crippen LogP contribution is 2.25. The van der Waals surface area contributed by atoms with Crippen molar-refractivity contribution >= 4 is 5.78 Å². The Bertz CT molecular complexity index is 614. The van der Waals surface area contributed by atoms with Crippen LogP contribution in [0.3, 0.4) is 0 Å². The number of carbonyl (C=O) groups excluding carboxylic acids is 1. The van der Waals surface area contributed by atoms with Crippen LogP contribution in [-0.4, -0.2) is 12.1 Å². The van der Waals surface area contributed by atoms with Gasteiger partial charge in [-0.05, 0) is 18.2 Å². The van der Waals surface area contributed by atoms with Crippen LogP contribution in [0.15, 0.2) is 41.0 Å². The van der Waals surface area contributed by atoms with Gasteiger partial charge in [0.05, 0.1) is 11.8 Å². The highest BCUT2D eigenvalue weighted by Gasteiger charge is 2.31. The quantitative estimate of drug-likeness (QED) is 0.797. The summed E-state index contributed by atoms with van der Waals surface area (Å²) in [5.74, 6) is -0.328. The summed E-state index contributed by atoms with van der Waals surface area (Å²) in [4.78, 5) is 12.2. The summed E-state index contributed by atoms with van der Waals surface area (Å²) in [6.07, 6.45) is -2.89. The van der Waals surface area contributed by atoms with Gasteiger partial charge in [-0.3, -0.25) is 4.79 Å². The molecule has 2 aromatic rings. The summed E-state index contributed by atoms with van der Waals surface area (Å²) in [7, 11) is 0. The predicted octanol–water partition coefficient (Wildman–Crippen LogP) is 3.97. The first kappa shape index (κ1) is 14.2. The maximum Gasteiger partial charge on any atom is 0.573 e. The summed E-state index contributed by atoms with van der Waals surface area (Å²) in [6, 6.07) is 6.46. The van der Waals surface area contributed by atoms with Crippen LogP contribution in [0, 0.1) is 0 Å². The highest BCUT2D eigenvalue weighted by atomic mass is 19.4. The van der Waals surface area contributed by atoms with Gasteiger partial charge >= 0.3 is 6.36 Å². The third kappa shape index (κ3) is 3.20. The first-order valence-corrected chi connectivity index (χ1v) is 5.87. The molecule has 0 aliphatic heterocycles. The second-order valence-corrected chi connectivity index (χ2v) is 4.02. The number of aryl methyl sites for hydroxylation is 1. The zero-order valence-electron chi connectivity index (χ0n) is 10.5. The van der Waals surface area contributed by atoms with Crippen LogP contribution in [0.25, 0.3) is 0 Å². The molecule has 0 atom stereocenters. The maximum atomic E-state index is 12.2. The molecule has 6 heteroatoms. The summed E-state index contributed by atoms with van der Waals surface area (Å²) in [5.41, 5.74) is 0.458. The van der Waals surface area contributed by atoms with Crippen molar-refractivity contribution in [1.82, 2.24) is 0 Å². The van der Waals surface area contributed by atoms with Crippen LogP contribution in [0.1, 0.15) is 28.6 Å². The van der Waals surface area contributed by atoms with E-state index in [2.05, 4.69) is 4.74 Å². The molecule has 1 heterocycles. The van der Waals surface area contributed by atoms with E-state index in [9.17, 15) is 18.0 Å². The van der Waals surface area contributed by atoms with Crippen molar-refractivity contribution in [2.45, 2.75) is 19.7 Å². The number of hydrogen-bond donors (Lipinski definition) is 0. The molecule has 0 saturated heterocycles. The number of alkyl halides is 3. The molecule has 0 fully saturated rings. The van der Waals surface area contributed by atoms with Gasteiger partial charge < -0.3 is 9.15 Å². The minimum absolute atomic E-state index is 0.114. The molecule has 3 nitrogen and oxygen atoms in total. The molecule has 0 bridgehead atoms. The van der Waals surface area contributed by atoms with E-state index in [4.69, 9.17) is 4.42 Å². The number of rotatable bonds is 4. The second kappa shape index (κ2) is 5.40. The maximum absolute atomic E-state index is 12.2. The summed E-state index contributed by atoms with van der Waals surface area (Å²) in [6.45, 7) is 1.82. The van der Waals surface area contributed by atoms with Crippen molar-refractivity contribution in [3.05, 3.63) is 53.5 Å². The molecule has 0 saturated carbocycles. The van der Waals surface area contributed by atoms with E-state index < -0.39 is 17.9 Å². The monoisotopic (exact) mass is 284 g/mol. The third-order valence-electron chi connectivity index (χ3n) is 2.64. The molecule has 0 N–H and O–H groups in total. The molecule has 0 spiro atoms. The molecule has 0 radical (unpaired) electrons. The molecule has 20 heavy (non-hydrogen) atoms. The number of carbonyl (C=O) groups is 1. The average molecular weight is 284 g/mol. The number of furan rings is 1. The lowest BCUT2D eigenvalue weighted by Gasteiger charge is -2.09. The average Bonchev–Trinajstić information content (AvgIpc) is 2.84. The van der Waals surface area contributed by atoms with Gasteiger partial charge in [-0.1, -0.05) is 19.1 Å². The number of benzene rings is 1. The SMILES string of the molecule is CCc1occc1C(=O)c1cccc(OC(F)(F)F)c1. The third-order valence-corrected chi connectivity index (χ3v) is 2.64. The van der Waals surface area contributed by atoms with E-state index in [0.29, 0.717) is 17.7 Å². The van der Waals surface area contributed by atoms with Gasteiger partial charge in [-0.2, -0.15) is 0 Å². The Kier molecular flexibility index (Phi) is 3.83. The van der Waals surface area contributed by atoms with Crippen LogP contribution >= 0.6 is 0 Å². The first-order chi connectivity index (χ1) is 9.40. The molecular formula is C14H11F3O3. The number of ether oxygens (including phenoxy) is 1. The summed E-state index contributed by atoms with van der Waals surface area (Å²) in [5, 5.41) is 0. The lowest BCUT2D eigenvalue weighted by molar-refractivity contribution is -0.274. The van der Waals surface area contributed by atoms with Crippen molar-refractivity contribution in [3.8, 4) is 5.75 Å². The van der Waals surface area contributed by atoms with E-state index in [1.807, 2.05) is 6.92 Å². The Balaban J connectivity index is 2.29. The van der Waals surface area contributed by atoms with E-state index >= 15 is 0 Å². The number of hydrogen-bond acceptors (Lipinski definition) is 3. The molecular weight excluding hydrogens is 273 g/mol. The van der Waals surface area contributed by atoms with Crippen molar-refractivity contribution < 1.29 is 27.1 Å². The molecule has 0 aliphatic carbocycles. The van der Waals surface area contributed by atoms with E-state index in [1.54, 1.807) is 0 Å². The molecule has 1 aromatic carbocycles. The van der Waals surface area contributed by atoms with Crippen LogP contribution in [0.2, 0.25) is 0 Å². The van der Waals surface area contributed by atoms with Crippen molar-refractivity contribution in [2.24, 2.45) is 0 Å². The highest BCUT2D eigenvalue weighted by molar-refractivity contribution is 6.09. The van der Waals surface area contributed by atoms with Crippen LogP contribution in [0.5, 0.6) is 5.75 Å². The summed E-state index contributed by atoms with van der Waals surface area (Å²) < 4.78 is 45.4. The van der Waals surface area contributed by atoms with Gasteiger partial charge in [0.2, 0.25) is 0 Å². The van der Waals surface area contributed by atoms with Gasteiger partial charge in [0.15, 0.2) is 5.78 Å². The fourth-order valence-corrected chi connectivity index (χ4v) is 1.81. The zero-order chi connectivity index (χ0) is 14.8. The number of ketones is 1. The zero-order valence-corrected chi connectivity index (χ0v) is 10.5. The molecule has 1 aromatic heterocycles. The van der Waals surface area contributed by atoms with Crippen molar-refractivity contribution in [3.63, 3.8) is 0 Å². The van der Waals surface area contributed by atoms with E-state index in [1.165, 1.54) is 24.5 Å². The lowest BCUT2D eigenvalue weighted by Crippen LogP contribution is -2.17. The van der Waals surface area contributed by atoms with Gasteiger partial charge in [0.1, 0.15) is 11.5 Å². The standard InChI is InChI=1S/C14H11F3O3/c1-2-12-11(6-7-19-12)13(18)9-4-3-5-10(8-9)20-14(15,16)17/h3-8H,2H2,1H3. The predicted molar refractivity (Wildman–Crippen MR) is 64.6 cm³/mol. The molecule has 106 valence electrons. The van der Waals surface area contributed by atoms with Gasteiger partial charge in [0.25, 0.3) is 0 Å². The lowest BCUT2D eigenvalue weighted by atomic mass is 10.0. The summed E-state index contributed by atoms with van der Waals surface area (Å²) >= 11 is 0. The van der Waals surface area contributed by atoms with E-state index in [-0.39, 0.29) is 5.56 Å². The molecule has 0 unspecified atom stereocenters.